The first-order chi connectivity index (χ1) is 15.4. The van der Waals surface area contributed by atoms with Gasteiger partial charge in [-0.2, -0.15) is 4.31 Å². The van der Waals surface area contributed by atoms with Gasteiger partial charge in [0.15, 0.2) is 0 Å². The van der Waals surface area contributed by atoms with Crippen LogP contribution in [-0.4, -0.2) is 67.3 Å². The third kappa shape index (κ3) is 4.44. The van der Waals surface area contributed by atoms with Gasteiger partial charge in [0.05, 0.1) is 6.67 Å². The number of carbonyl (C=O) groups is 2. The Morgan fingerprint density at radius 1 is 1.03 bits per heavy atom. The predicted octanol–water partition coefficient (Wildman–Crippen LogP) is 2.78. The maximum absolute atomic E-state index is 13.3. The fraction of sp³-hybridized carbons (Fsp3) is 0.478. The molecule has 2 aromatic rings. The number of hydrogen-bond acceptors (Lipinski definition) is 6. The predicted molar refractivity (Wildman–Crippen MR) is 127 cm³/mol. The van der Waals surface area contributed by atoms with Gasteiger partial charge < -0.3 is 5.32 Å². The highest BCUT2D eigenvalue weighted by Crippen LogP contribution is 2.31. The summed E-state index contributed by atoms with van der Waals surface area (Å²) >= 11 is 1.20. The van der Waals surface area contributed by atoms with Crippen molar-refractivity contribution in [3.63, 3.8) is 0 Å². The number of urea groups is 1. The number of piperazine rings is 1. The van der Waals surface area contributed by atoms with Crippen molar-refractivity contribution >= 4 is 33.3 Å². The first kappa shape index (κ1) is 23.9. The summed E-state index contributed by atoms with van der Waals surface area (Å²) in [5, 5.41) is 4.60. The molecular formula is C23H30N4O4S2. The fourth-order valence-electron chi connectivity index (χ4n) is 4.17. The maximum Gasteiger partial charge on any atom is 0.326 e. The standard InChI is InChI=1S/C23H30N4O4S2/c1-22(2,3)17-7-9-18(10-8-17)23(4)20(28)27(21(29)24-23)16-25-11-13-26(14-12-25)33(30,31)19-6-5-15-32-19/h5-10,15H,11-14,16H2,1-4H3,(H,24,29)/t23-/m1/s1. The van der Waals surface area contributed by atoms with Crippen LogP contribution in [0.1, 0.15) is 38.8 Å². The molecule has 0 bridgehead atoms. The number of hydrogen-bond donors (Lipinski definition) is 1. The average Bonchev–Trinajstić information content (AvgIpc) is 3.38. The van der Waals surface area contributed by atoms with Gasteiger partial charge in [0, 0.05) is 26.2 Å². The van der Waals surface area contributed by atoms with E-state index in [2.05, 4.69) is 26.1 Å². The molecule has 0 saturated carbocycles. The van der Waals surface area contributed by atoms with Crippen LogP contribution in [0, 0.1) is 0 Å². The van der Waals surface area contributed by atoms with Crippen molar-refractivity contribution in [1.82, 2.24) is 19.4 Å². The van der Waals surface area contributed by atoms with Gasteiger partial charge >= 0.3 is 6.03 Å². The van der Waals surface area contributed by atoms with Crippen LogP contribution in [0.2, 0.25) is 0 Å². The van der Waals surface area contributed by atoms with E-state index in [9.17, 15) is 18.0 Å². The molecule has 0 aliphatic carbocycles. The van der Waals surface area contributed by atoms with Gasteiger partial charge in [-0.1, -0.05) is 51.1 Å². The molecule has 1 aromatic carbocycles. The summed E-state index contributed by atoms with van der Waals surface area (Å²) in [5.41, 5.74) is 0.757. The lowest BCUT2D eigenvalue weighted by Crippen LogP contribution is -2.52. The maximum atomic E-state index is 13.3. The zero-order valence-corrected chi connectivity index (χ0v) is 21.0. The van der Waals surface area contributed by atoms with Gasteiger partial charge in [0.2, 0.25) is 0 Å². The Morgan fingerprint density at radius 3 is 2.21 bits per heavy atom. The van der Waals surface area contributed by atoms with E-state index in [1.165, 1.54) is 20.5 Å². The minimum Gasteiger partial charge on any atom is -0.319 e. The molecule has 1 aromatic heterocycles. The number of rotatable bonds is 5. The smallest absolute Gasteiger partial charge is 0.319 e. The van der Waals surface area contributed by atoms with Crippen LogP contribution in [0.4, 0.5) is 4.79 Å². The third-order valence-corrected chi connectivity index (χ3v) is 9.64. The quantitative estimate of drug-likeness (QED) is 0.651. The second kappa shape index (κ2) is 8.50. The molecule has 2 fully saturated rings. The lowest BCUT2D eigenvalue weighted by molar-refractivity contribution is -0.132. The minimum atomic E-state index is -3.49. The zero-order chi connectivity index (χ0) is 24.0. The van der Waals surface area contributed by atoms with Crippen molar-refractivity contribution in [3.05, 3.63) is 52.9 Å². The SMILES string of the molecule is CC(C)(C)c1ccc([C@@]2(C)NC(=O)N(CN3CCN(S(=O)(=O)c4cccs4)CC3)C2=O)cc1. The summed E-state index contributed by atoms with van der Waals surface area (Å²) in [5.74, 6) is -0.301. The highest BCUT2D eigenvalue weighted by Gasteiger charge is 2.49. The molecule has 33 heavy (non-hydrogen) atoms. The van der Waals surface area contributed by atoms with E-state index in [1.807, 2.05) is 29.2 Å². The molecule has 8 nitrogen and oxygen atoms in total. The molecule has 4 rings (SSSR count). The van der Waals surface area contributed by atoms with Crippen molar-refractivity contribution in [2.45, 2.75) is 42.9 Å². The molecule has 2 saturated heterocycles. The van der Waals surface area contributed by atoms with Crippen LogP contribution < -0.4 is 5.32 Å². The molecule has 1 atom stereocenters. The summed E-state index contributed by atoms with van der Waals surface area (Å²) in [6.45, 7) is 9.75. The van der Waals surface area contributed by atoms with Crippen molar-refractivity contribution in [3.8, 4) is 0 Å². The normalized spacial score (nSPS) is 23.2. The molecule has 10 heteroatoms. The van der Waals surface area contributed by atoms with Crippen LogP contribution in [0.15, 0.2) is 46.0 Å². The third-order valence-electron chi connectivity index (χ3n) is 6.37. The highest BCUT2D eigenvalue weighted by atomic mass is 32.2. The van der Waals surface area contributed by atoms with Gasteiger partial charge in [-0.25, -0.2) is 18.1 Å². The molecule has 3 heterocycles. The molecule has 0 unspecified atom stereocenters. The number of nitrogens with zero attached hydrogens (tertiary/aromatic N) is 3. The molecule has 0 radical (unpaired) electrons. The van der Waals surface area contributed by atoms with Crippen molar-refractivity contribution in [2.75, 3.05) is 32.8 Å². The molecule has 2 aliphatic heterocycles. The Bertz CT molecular complexity index is 1130. The number of carbonyl (C=O) groups excluding carboxylic acids is 2. The number of thiophene rings is 1. The number of sulfonamides is 1. The molecule has 0 spiro atoms. The number of imide groups is 1. The number of amides is 3. The van der Waals surface area contributed by atoms with Crippen LogP contribution in [0.25, 0.3) is 0 Å². The number of nitrogens with one attached hydrogen (secondary N) is 1. The van der Waals surface area contributed by atoms with Crippen molar-refractivity contribution < 1.29 is 18.0 Å². The molecule has 3 amide bonds. The fourth-order valence-corrected chi connectivity index (χ4v) is 6.74. The molecule has 178 valence electrons. The van der Waals surface area contributed by atoms with Gasteiger partial charge in [0.1, 0.15) is 9.75 Å². The lowest BCUT2D eigenvalue weighted by Gasteiger charge is -2.35. The first-order valence-corrected chi connectivity index (χ1v) is 13.3. The topological polar surface area (TPSA) is 90.0 Å². The monoisotopic (exact) mass is 490 g/mol. The van der Waals surface area contributed by atoms with E-state index in [1.54, 1.807) is 24.4 Å². The van der Waals surface area contributed by atoms with Gasteiger partial charge in [-0.05, 0) is 34.9 Å². The lowest BCUT2D eigenvalue weighted by atomic mass is 9.84. The summed E-state index contributed by atoms with van der Waals surface area (Å²) in [6, 6.07) is 10.7. The Labute approximate surface area is 199 Å². The van der Waals surface area contributed by atoms with Crippen LogP contribution in [0.5, 0.6) is 0 Å². The Morgan fingerprint density at radius 2 is 1.67 bits per heavy atom. The Hall–Kier alpha value is -2.27. The van der Waals surface area contributed by atoms with E-state index in [0.717, 1.165) is 11.1 Å². The van der Waals surface area contributed by atoms with Crippen LogP contribution >= 0.6 is 11.3 Å². The minimum absolute atomic E-state index is 0.00642. The largest absolute Gasteiger partial charge is 0.326 e. The summed E-state index contributed by atoms with van der Waals surface area (Å²) < 4.78 is 27.2. The second-order valence-electron chi connectivity index (χ2n) is 9.71. The Balaban J connectivity index is 1.42. The van der Waals surface area contributed by atoms with E-state index in [-0.39, 0.29) is 18.0 Å². The molecular weight excluding hydrogens is 460 g/mol. The van der Waals surface area contributed by atoms with Crippen molar-refractivity contribution in [2.24, 2.45) is 0 Å². The second-order valence-corrected chi connectivity index (χ2v) is 12.8. The molecule has 2 aliphatic rings. The average molecular weight is 491 g/mol. The Kier molecular flexibility index (Phi) is 6.15. The van der Waals surface area contributed by atoms with Crippen LogP contribution in [0.3, 0.4) is 0 Å². The summed E-state index contributed by atoms with van der Waals surface area (Å²) in [6.07, 6.45) is 0. The summed E-state index contributed by atoms with van der Waals surface area (Å²) in [7, 11) is -3.49. The highest BCUT2D eigenvalue weighted by molar-refractivity contribution is 7.91. The van der Waals surface area contributed by atoms with Gasteiger partial charge in [-0.3, -0.25) is 9.69 Å². The van der Waals surface area contributed by atoms with E-state index in [0.29, 0.717) is 30.4 Å². The van der Waals surface area contributed by atoms with E-state index >= 15 is 0 Å². The van der Waals surface area contributed by atoms with Crippen molar-refractivity contribution in [1.29, 1.82) is 0 Å². The van der Waals surface area contributed by atoms with Gasteiger partial charge in [-0.15, -0.1) is 11.3 Å². The summed E-state index contributed by atoms with van der Waals surface area (Å²) in [4.78, 5) is 29.2. The van der Waals surface area contributed by atoms with Gasteiger partial charge in [0.25, 0.3) is 15.9 Å². The zero-order valence-electron chi connectivity index (χ0n) is 19.4. The first-order valence-electron chi connectivity index (χ1n) is 10.9. The van der Waals surface area contributed by atoms with E-state index in [4.69, 9.17) is 0 Å². The van der Waals surface area contributed by atoms with Crippen LogP contribution in [-0.2, 0) is 25.8 Å². The number of benzene rings is 1. The van der Waals surface area contributed by atoms with E-state index < -0.39 is 21.6 Å². The molecule has 1 N–H and O–H groups in total.